The van der Waals surface area contributed by atoms with Crippen LogP contribution in [-0.2, 0) is 9.59 Å². The zero-order chi connectivity index (χ0) is 23.8. The summed E-state index contributed by atoms with van der Waals surface area (Å²) in [6, 6.07) is 22.9. The molecule has 2 aliphatic rings. The van der Waals surface area contributed by atoms with E-state index in [0.717, 1.165) is 23.2 Å². The van der Waals surface area contributed by atoms with Gasteiger partial charge in [-0.2, -0.15) is 0 Å². The van der Waals surface area contributed by atoms with Crippen molar-refractivity contribution in [3.05, 3.63) is 95.1 Å². The van der Waals surface area contributed by atoms with Crippen molar-refractivity contribution in [3.63, 3.8) is 0 Å². The molecule has 1 saturated heterocycles. The first-order valence-corrected chi connectivity index (χ1v) is 11.8. The minimum absolute atomic E-state index is 0.145. The molecule has 0 bridgehead atoms. The second kappa shape index (κ2) is 8.90. The highest BCUT2D eigenvalue weighted by molar-refractivity contribution is 6.22. The van der Waals surface area contributed by atoms with E-state index in [1.807, 2.05) is 50.2 Å². The number of carbonyl (C=O) groups is 3. The topological polar surface area (TPSA) is 66.5 Å². The zero-order valence-electron chi connectivity index (χ0n) is 19.5. The largest absolute Gasteiger partial charge is 0.322 e. The van der Waals surface area contributed by atoms with Gasteiger partial charge in [-0.15, -0.1) is 0 Å². The Hall–Kier alpha value is -3.73. The zero-order valence-corrected chi connectivity index (χ0v) is 19.5. The predicted octanol–water partition coefficient (Wildman–Crippen LogP) is 5.63. The van der Waals surface area contributed by atoms with Gasteiger partial charge in [0.05, 0.1) is 17.5 Å². The van der Waals surface area contributed by atoms with Crippen molar-refractivity contribution >= 4 is 29.1 Å². The number of carbonyl (C=O) groups excluding carboxylic acids is 3. The fourth-order valence-corrected chi connectivity index (χ4v) is 5.45. The van der Waals surface area contributed by atoms with E-state index in [1.54, 1.807) is 24.3 Å². The van der Waals surface area contributed by atoms with Crippen molar-refractivity contribution < 1.29 is 14.4 Å². The molecule has 3 amide bonds. The van der Waals surface area contributed by atoms with E-state index < -0.39 is 0 Å². The second-order valence-corrected chi connectivity index (χ2v) is 9.42. The van der Waals surface area contributed by atoms with Gasteiger partial charge >= 0.3 is 0 Å². The third kappa shape index (κ3) is 3.92. The van der Waals surface area contributed by atoms with Crippen LogP contribution in [0.2, 0.25) is 0 Å². The molecule has 5 nitrogen and oxygen atoms in total. The highest BCUT2D eigenvalue weighted by atomic mass is 16.2. The van der Waals surface area contributed by atoms with E-state index in [1.165, 1.54) is 10.5 Å². The summed E-state index contributed by atoms with van der Waals surface area (Å²) in [7, 11) is 0. The molecule has 3 unspecified atom stereocenters. The molecule has 1 heterocycles. The highest BCUT2D eigenvalue weighted by Gasteiger charge is 2.50. The smallest absolute Gasteiger partial charge is 0.255 e. The van der Waals surface area contributed by atoms with E-state index >= 15 is 0 Å². The molecule has 0 spiro atoms. The number of nitrogens with one attached hydrogen (secondary N) is 1. The Morgan fingerprint density at radius 1 is 0.824 bits per heavy atom. The van der Waals surface area contributed by atoms with Crippen molar-refractivity contribution in [1.82, 2.24) is 0 Å². The van der Waals surface area contributed by atoms with Gasteiger partial charge in [-0.3, -0.25) is 19.3 Å². The predicted molar refractivity (Wildman–Crippen MR) is 133 cm³/mol. The van der Waals surface area contributed by atoms with Gasteiger partial charge in [-0.1, -0.05) is 54.6 Å². The summed E-state index contributed by atoms with van der Waals surface area (Å²) in [4.78, 5) is 41.0. The minimum Gasteiger partial charge on any atom is -0.322 e. The number of aryl methyl sites for hydroxylation is 2. The number of imide groups is 1. The molecular formula is C29H28N2O3. The van der Waals surface area contributed by atoms with Crippen LogP contribution in [0, 0.1) is 25.7 Å². The van der Waals surface area contributed by atoms with E-state index in [0.29, 0.717) is 24.1 Å². The average Bonchev–Trinajstić information content (AvgIpc) is 3.11. The lowest BCUT2D eigenvalue weighted by Gasteiger charge is -2.28. The van der Waals surface area contributed by atoms with Crippen LogP contribution in [0.15, 0.2) is 72.8 Å². The van der Waals surface area contributed by atoms with Crippen molar-refractivity contribution in [2.45, 2.75) is 39.0 Å². The van der Waals surface area contributed by atoms with Crippen molar-refractivity contribution in [2.75, 3.05) is 10.2 Å². The molecule has 1 saturated carbocycles. The molecule has 34 heavy (non-hydrogen) atoms. The molecule has 1 aliphatic carbocycles. The van der Waals surface area contributed by atoms with E-state index in [9.17, 15) is 14.4 Å². The summed E-state index contributed by atoms with van der Waals surface area (Å²) >= 11 is 0. The molecule has 172 valence electrons. The molecule has 3 aromatic carbocycles. The molecule has 1 N–H and O–H groups in total. The normalized spacial score (nSPS) is 21.9. The van der Waals surface area contributed by atoms with Gasteiger partial charge < -0.3 is 5.32 Å². The number of hydrogen-bond donors (Lipinski definition) is 1. The SMILES string of the molecule is Cc1cccc(C)c1NC(=O)c1cccc(N2C(=O)C3CCC(c4ccccc4)CC3C2=O)c1. The lowest BCUT2D eigenvalue weighted by atomic mass is 9.73. The first-order valence-electron chi connectivity index (χ1n) is 11.8. The maximum Gasteiger partial charge on any atom is 0.255 e. The van der Waals surface area contributed by atoms with Crippen molar-refractivity contribution in [2.24, 2.45) is 11.8 Å². The summed E-state index contributed by atoms with van der Waals surface area (Å²) in [6.45, 7) is 3.90. The molecular weight excluding hydrogens is 424 g/mol. The molecule has 3 atom stereocenters. The molecule has 3 aromatic rings. The van der Waals surface area contributed by atoms with Gasteiger partial charge in [-0.05, 0) is 73.9 Å². The summed E-state index contributed by atoms with van der Waals surface area (Å²) in [5, 5.41) is 2.98. The Balaban J connectivity index is 1.37. The average molecular weight is 453 g/mol. The number of rotatable bonds is 4. The van der Waals surface area contributed by atoms with Gasteiger partial charge in [0.25, 0.3) is 5.91 Å². The molecule has 5 heteroatoms. The number of hydrogen-bond acceptors (Lipinski definition) is 3. The van der Waals surface area contributed by atoms with Crippen LogP contribution in [0.3, 0.4) is 0 Å². The maximum atomic E-state index is 13.4. The Morgan fingerprint density at radius 3 is 2.24 bits per heavy atom. The van der Waals surface area contributed by atoms with Gasteiger partial charge in [0, 0.05) is 11.3 Å². The summed E-state index contributed by atoms with van der Waals surface area (Å²) in [5.41, 5.74) is 4.85. The van der Waals surface area contributed by atoms with Gasteiger partial charge in [-0.25, -0.2) is 0 Å². The summed E-state index contributed by atoms with van der Waals surface area (Å²) in [6.07, 6.45) is 2.29. The van der Waals surface area contributed by atoms with Crippen LogP contribution >= 0.6 is 0 Å². The quantitative estimate of drug-likeness (QED) is 0.522. The standard InChI is InChI=1S/C29H28N2O3/c1-18-8-6-9-19(2)26(18)30-27(32)22-12-7-13-23(16-22)31-28(33)24-15-14-21(17-25(24)29(31)34)20-10-4-3-5-11-20/h3-13,16,21,24-25H,14-15,17H2,1-2H3,(H,30,32). The number of para-hydroxylation sites is 1. The number of benzene rings is 3. The Labute approximate surface area is 199 Å². The second-order valence-electron chi connectivity index (χ2n) is 9.42. The molecule has 5 rings (SSSR count). The fraction of sp³-hybridized carbons (Fsp3) is 0.276. The van der Waals surface area contributed by atoms with Crippen LogP contribution < -0.4 is 10.2 Å². The van der Waals surface area contributed by atoms with Crippen molar-refractivity contribution in [3.8, 4) is 0 Å². The van der Waals surface area contributed by atoms with E-state index in [2.05, 4.69) is 17.4 Å². The highest BCUT2D eigenvalue weighted by Crippen LogP contribution is 2.45. The first-order chi connectivity index (χ1) is 16.4. The summed E-state index contributed by atoms with van der Waals surface area (Å²) in [5.74, 6) is -0.858. The molecule has 2 fully saturated rings. The molecule has 1 aliphatic heterocycles. The van der Waals surface area contributed by atoms with E-state index in [-0.39, 0.29) is 35.5 Å². The lowest BCUT2D eigenvalue weighted by Crippen LogP contribution is -2.31. The Morgan fingerprint density at radius 2 is 1.50 bits per heavy atom. The van der Waals surface area contributed by atoms with Crippen LogP contribution in [-0.4, -0.2) is 17.7 Å². The lowest BCUT2D eigenvalue weighted by molar-refractivity contribution is -0.122. The van der Waals surface area contributed by atoms with Crippen LogP contribution in [0.5, 0.6) is 0 Å². The van der Waals surface area contributed by atoms with Crippen molar-refractivity contribution in [1.29, 1.82) is 0 Å². The van der Waals surface area contributed by atoms with Gasteiger partial charge in [0.2, 0.25) is 11.8 Å². The van der Waals surface area contributed by atoms with Crippen LogP contribution in [0.25, 0.3) is 0 Å². The van der Waals surface area contributed by atoms with Gasteiger partial charge in [0.15, 0.2) is 0 Å². The first kappa shape index (κ1) is 22.1. The number of amides is 3. The van der Waals surface area contributed by atoms with Crippen LogP contribution in [0.1, 0.15) is 52.2 Å². The monoisotopic (exact) mass is 452 g/mol. The number of anilines is 2. The molecule has 0 radical (unpaired) electrons. The Kier molecular flexibility index (Phi) is 5.78. The number of nitrogens with zero attached hydrogens (tertiary/aromatic N) is 1. The third-order valence-corrected chi connectivity index (χ3v) is 7.28. The van der Waals surface area contributed by atoms with Crippen LogP contribution in [0.4, 0.5) is 11.4 Å². The Bertz CT molecular complexity index is 1250. The molecule has 0 aromatic heterocycles. The van der Waals surface area contributed by atoms with E-state index in [4.69, 9.17) is 0 Å². The maximum absolute atomic E-state index is 13.4. The minimum atomic E-state index is -0.307. The summed E-state index contributed by atoms with van der Waals surface area (Å²) < 4.78 is 0. The fourth-order valence-electron chi connectivity index (χ4n) is 5.45. The third-order valence-electron chi connectivity index (χ3n) is 7.28. The van der Waals surface area contributed by atoms with Gasteiger partial charge in [0.1, 0.15) is 0 Å². The number of fused-ring (bicyclic) bond motifs is 1.